The highest BCUT2D eigenvalue weighted by Crippen LogP contribution is 2.21. The fourth-order valence-corrected chi connectivity index (χ4v) is 2.09. The summed E-state index contributed by atoms with van der Waals surface area (Å²) in [4.78, 5) is 37.3. The Morgan fingerprint density at radius 2 is 2.05 bits per heavy atom. The number of carboxylic acid groups (broad SMARTS) is 1. The Morgan fingerprint density at radius 1 is 1.37 bits per heavy atom. The number of aromatic amines is 1. The maximum atomic E-state index is 12.1. The molecule has 1 aliphatic rings. The molecule has 0 bridgehead atoms. The standard InChI is InChI=1S/C11H12N2O6/c14-6-3-7(11(18)19)13(4-6)10(17)5-1-8(15)12-9(16)2-5/h1-2,6-7,14H,3-4H2,(H,18,19)(H2,12,15,16)/t6?,7-/m0/s1. The second-order valence-corrected chi connectivity index (χ2v) is 4.32. The van der Waals surface area contributed by atoms with E-state index in [1.165, 1.54) is 0 Å². The number of carbonyl (C=O) groups is 2. The number of likely N-dealkylation sites (tertiary alicyclic amines) is 1. The van der Waals surface area contributed by atoms with E-state index in [0.29, 0.717) is 0 Å². The van der Waals surface area contributed by atoms with Gasteiger partial charge >= 0.3 is 5.97 Å². The number of aliphatic hydroxyl groups is 1. The monoisotopic (exact) mass is 268 g/mol. The largest absolute Gasteiger partial charge is 0.494 e. The molecular formula is C11H12N2O6. The lowest BCUT2D eigenvalue weighted by Gasteiger charge is -2.20. The van der Waals surface area contributed by atoms with Crippen LogP contribution in [0.5, 0.6) is 5.88 Å². The van der Waals surface area contributed by atoms with Crippen LogP contribution < -0.4 is 5.56 Å². The van der Waals surface area contributed by atoms with Crippen molar-refractivity contribution in [2.75, 3.05) is 6.54 Å². The summed E-state index contributed by atoms with van der Waals surface area (Å²) in [7, 11) is 0. The van der Waals surface area contributed by atoms with Crippen molar-refractivity contribution >= 4 is 11.9 Å². The van der Waals surface area contributed by atoms with Crippen molar-refractivity contribution < 1.29 is 24.9 Å². The second kappa shape index (κ2) is 4.73. The molecule has 4 N–H and O–H groups in total. The molecule has 2 heterocycles. The van der Waals surface area contributed by atoms with Gasteiger partial charge in [-0.2, -0.15) is 0 Å². The quantitative estimate of drug-likeness (QED) is 0.529. The fourth-order valence-electron chi connectivity index (χ4n) is 2.09. The first-order chi connectivity index (χ1) is 8.88. The Kier molecular flexibility index (Phi) is 3.26. The normalized spacial score (nSPS) is 22.5. The number of hydrogen-bond donors (Lipinski definition) is 4. The molecule has 1 aromatic heterocycles. The van der Waals surface area contributed by atoms with E-state index in [9.17, 15) is 24.6 Å². The van der Waals surface area contributed by atoms with Gasteiger partial charge in [0.1, 0.15) is 6.04 Å². The predicted octanol–water partition coefficient (Wildman–Crippen LogP) is -1.26. The number of aliphatic hydroxyl groups excluding tert-OH is 1. The predicted molar refractivity (Wildman–Crippen MR) is 61.8 cm³/mol. The number of H-pyrrole nitrogens is 1. The Labute approximate surface area is 106 Å². The lowest BCUT2D eigenvalue weighted by atomic mass is 10.2. The lowest BCUT2D eigenvalue weighted by Crippen LogP contribution is -2.40. The van der Waals surface area contributed by atoms with E-state index in [1.54, 1.807) is 0 Å². The molecule has 0 aliphatic carbocycles. The number of nitrogens with zero attached hydrogens (tertiary/aromatic N) is 1. The van der Waals surface area contributed by atoms with Crippen LogP contribution in [-0.2, 0) is 4.79 Å². The van der Waals surface area contributed by atoms with Gasteiger partial charge in [-0.15, -0.1) is 0 Å². The highest BCUT2D eigenvalue weighted by Gasteiger charge is 2.39. The third-order valence-corrected chi connectivity index (χ3v) is 2.90. The summed E-state index contributed by atoms with van der Waals surface area (Å²) in [6.45, 7) is -0.122. The molecule has 1 unspecified atom stereocenters. The van der Waals surface area contributed by atoms with Crippen molar-refractivity contribution in [3.8, 4) is 5.88 Å². The maximum Gasteiger partial charge on any atom is 0.326 e. The molecule has 8 nitrogen and oxygen atoms in total. The molecule has 0 spiro atoms. The summed E-state index contributed by atoms with van der Waals surface area (Å²) in [5.74, 6) is -2.42. The van der Waals surface area contributed by atoms with Gasteiger partial charge in [0.05, 0.1) is 11.7 Å². The summed E-state index contributed by atoms with van der Waals surface area (Å²) in [5.41, 5.74) is -0.795. The van der Waals surface area contributed by atoms with Crippen LogP contribution in [0.15, 0.2) is 16.9 Å². The number of amides is 1. The van der Waals surface area contributed by atoms with Crippen LogP contribution in [0.4, 0.5) is 0 Å². The molecule has 102 valence electrons. The summed E-state index contributed by atoms with van der Waals surface area (Å²) in [6, 6.07) is 0.864. The lowest BCUT2D eigenvalue weighted by molar-refractivity contribution is -0.141. The first-order valence-corrected chi connectivity index (χ1v) is 5.53. The maximum absolute atomic E-state index is 12.1. The van der Waals surface area contributed by atoms with E-state index in [-0.39, 0.29) is 18.5 Å². The zero-order chi connectivity index (χ0) is 14.2. The molecule has 2 atom stereocenters. The summed E-state index contributed by atoms with van der Waals surface area (Å²) in [5, 5.41) is 27.7. The van der Waals surface area contributed by atoms with Gasteiger partial charge in [-0.05, 0) is 0 Å². The Morgan fingerprint density at radius 3 is 2.63 bits per heavy atom. The number of pyridine rings is 1. The molecule has 8 heteroatoms. The first-order valence-electron chi connectivity index (χ1n) is 5.53. The second-order valence-electron chi connectivity index (χ2n) is 4.32. The van der Waals surface area contributed by atoms with Crippen molar-refractivity contribution in [2.45, 2.75) is 18.6 Å². The molecule has 2 rings (SSSR count). The minimum atomic E-state index is -1.22. The number of aromatic nitrogens is 1. The molecule has 1 amide bonds. The minimum Gasteiger partial charge on any atom is -0.494 e. The van der Waals surface area contributed by atoms with Crippen molar-refractivity contribution in [1.82, 2.24) is 9.88 Å². The highest BCUT2D eigenvalue weighted by atomic mass is 16.4. The number of rotatable bonds is 2. The molecule has 0 radical (unpaired) electrons. The van der Waals surface area contributed by atoms with Crippen molar-refractivity contribution in [1.29, 1.82) is 0 Å². The molecule has 1 fully saturated rings. The number of nitrogens with one attached hydrogen (secondary N) is 1. The number of carboxylic acids is 1. The Bertz CT molecular complexity index is 581. The third-order valence-electron chi connectivity index (χ3n) is 2.90. The van der Waals surface area contributed by atoms with Crippen LogP contribution in [0.25, 0.3) is 0 Å². The van der Waals surface area contributed by atoms with Gasteiger partial charge in [-0.3, -0.25) is 14.6 Å². The van der Waals surface area contributed by atoms with E-state index in [1.807, 2.05) is 0 Å². The minimum absolute atomic E-state index is 0.0593. The van der Waals surface area contributed by atoms with Crippen molar-refractivity contribution in [3.05, 3.63) is 28.0 Å². The number of carbonyl (C=O) groups excluding carboxylic acids is 1. The van der Waals surface area contributed by atoms with E-state index < -0.39 is 35.5 Å². The van der Waals surface area contributed by atoms with E-state index in [0.717, 1.165) is 17.0 Å². The zero-order valence-corrected chi connectivity index (χ0v) is 9.74. The van der Waals surface area contributed by atoms with Crippen LogP contribution in [0, 0.1) is 0 Å². The van der Waals surface area contributed by atoms with Crippen LogP contribution >= 0.6 is 0 Å². The SMILES string of the molecule is O=C(O)[C@@H]1CC(O)CN1C(=O)c1cc(O)[nH]c(=O)c1. The Hall–Kier alpha value is -2.35. The van der Waals surface area contributed by atoms with Gasteiger partial charge in [-0.1, -0.05) is 0 Å². The molecule has 0 aromatic carbocycles. The van der Waals surface area contributed by atoms with Crippen LogP contribution in [0.3, 0.4) is 0 Å². The van der Waals surface area contributed by atoms with E-state index in [4.69, 9.17) is 5.11 Å². The number of hydrogen-bond acceptors (Lipinski definition) is 5. The van der Waals surface area contributed by atoms with Gasteiger partial charge in [0.2, 0.25) is 0 Å². The average Bonchev–Trinajstić information content (AvgIpc) is 2.69. The van der Waals surface area contributed by atoms with Crippen LogP contribution in [-0.4, -0.2) is 55.8 Å². The average molecular weight is 268 g/mol. The van der Waals surface area contributed by atoms with Gasteiger partial charge in [0, 0.05) is 25.1 Å². The summed E-state index contributed by atoms with van der Waals surface area (Å²) in [6.07, 6.45) is -0.975. The van der Waals surface area contributed by atoms with Crippen LogP contribution in [0.1, 0.15) is 16.8 Å². The molecule has 1 aliphatic heterocycles. The van der Waals surface area contributed by atoms with Crippen LogP contribution in [0.2, 0.25) is 0 Å². The van der Waals surface area contributed by atoms with E-state index >= 15 is 0 Å². The third kappa shape index (κ3) is 2.58. The molecule has 19 heavy (non-hydrogen) atoms. The zero-order valence-electron chi connectivity index (χ0n) is 9.74. The molecule has 0 saturated carbocycles. The number of aromatic hydroxyl groups is 1. The van der Waals surface area contributed by atoms with Gasteiger partial charge in [-0.25, -0.2) is 4.79 Å². The van der Waals surface area contributed by atoms with Gasteiger partial charge < -0.3 is 20.2 Å². The summed E-state index contributed by atoms with van der Waals surface area (Å²) < 4.78 is 0. The molecule has 1 saturated heterocycles. The number of β-amino-alcohol motifs (C(OH)–C–C–N with tert-alkyl or cyclic N) is 1. The number of aliphatic carboxylic acids is 1. The Balaban J connectivity index is 2.32. The molecular weight excluding hydrogens is 256 g/mol. The first kappa shape index (κ1) is 13.1. The van der Waals surface area contributed by atoms with E-state index in [2.05, 4.69) is 4.98 Å². The van der Waals surface area contributed by atoms with Gasteiger partial charge in [0.15, 0.2) is 5.88 Å². The highest BCUT2D eigenvalue weighted by molar-refractivity contribution is 5.97. The van der Waals surface area contributed by atoms with Crippen molar-refractivity contribution in [3.63, 3.8) is 0 Å². The van der Waals surface area contributed by atoms with Crippen molar-refractivity contribution in [2.24, 2.45) is 0 Å². The van der Waals surface area contributed by atoms with Gasteiger partial charge in [0.25, 0.3) is 11.5 Å². The summed E-state index contributed by atoms with van der Waals surface area (Å²) >= 11 is 0. The fraction of sp³-hybridized carbons (Fsp3) is 0.364. The molecule has 1 aromatic rings. The smallest absolute Gasteiger partial charge is 0.326 e. The topological polar surface area (TPSA) is 131 Å².